The molecule has 0 aromatic rings. The molecule has 0 radical (unpaired) electrons. The van der Waals surface area contributed by atoms with Crippen LogP contribution in [-0.4, -0.2) is 33.6 Å². The Balaban J connectivity index is 1.97. The van der Waals surface area contributed by atoms with Gasteiger partial charge in [-0.15, -0.1) is 0 Å². The number of hydrogen-bond donors (Lipinski definition) is 3. The first-order chi connectivity index (χ1) is 6.04. The Morgan fingerprint density at radius 1 is 1.23 bits per heavy atom. The molecule has 0 aliphatic heterocycles. The zero-order valence-electron chi connectivity index (χ0n) is 8.09. The van der Waals surface area contributed by atoms with Crippen molar-refractivity contribution in [3.8, 4) is 0 Å². The van der Waals surface area contributed by atoms with Crippen LogP contribution in [0, 0.1) is 23.7 Å². The van der Waals surface area contributed by atoms with Crippen molar-refractivity contribution >= 4 is 0 Å². The molecule has 2 fully saturated rings. The van der Waals surface area contributed by atoms with Crippen molar-refractivity contribution in [2.75, 3.05) is 0 Å². The van der Waals surface area contributed by atoms with E-state index in [0.29, 0.717) is 5.92 Å². The quantitative estimate of drug-likeness (QED) is 0.568. The van der Waals surface area contributed by atoms with Crippen LogP contribution in [0.25, 0.3) is 0 Å². The normalized spacial score (nSPS) is 50.8. The maximum Gasteiger partial charge on any atom is 0.0651 e. The molecular formula is C10H18O3. The van der Waals surface area contributed by atoms with Crippen molar-refractivity contribution in [1.29, 1.82) is 0 Å². The monoisotopic (exact) mass is 186 g/mol. The second kappa shape index (κ2) is 2.94. The van der Waals surface area contributed by atoms with Crippen molar-refractivity contribution < 1.29 is 15.3 Å². The van der Waals surface area contributed by atoms with E-state index in [1.165, 1.54) is 0 Å². The highest BCUT2D eigenvalue weighted by Crippen LogP contribution is 2.56. The molecule has 0 amide bonds. The Kier molecular flexibility index (Phi) is 2.13. The fourth-order valence-corrected chi connectivity index (χ4v) is 2.84. The van der Waals surface area contributed by atoms with Crippen LogP contribution in [0.4, 0.5) is 0 Å². The first-order valence-electron chi connectivity index (χ1n) is 5.08. The number of fused-ring (bicyclic) bond motifs is 1. The SMILES string of the molecule is CC(C)[C@H](O)C1C(O)C2C1C[C@@H]2O. The Morgan fingerprint density at radius 3 is 2.23 bits per heavy atom. The molecule has 2 saturated carbocycles. The molecule has 0 bridgehead atoms. The summed E-state index contributed by atoms with van der Waals surface area (Å²) in [6.07, 6.45) is -0.457. The van der Waals surface area contributed by atoms with Crippen LogP contribution >= 0.6 is 0 Å². The van der Waals surface area contributed by atoms with E-state index >= 15 is 0 Å². The summed E-state index contributed by atoms with van der Waals surface area (Å²) < 4.78 is 0. The summed E-state index contributed by atoms with van der Waals surface area (Å²) in [5.74, 6) is 0.618. The van der Waals surface area contributed by atoms with E-state index in [9.17, 15) is 15.3 Å². The lowest BCUT2D eigenvalue weighted by atomic mass is 9.47. The molecule has 6 atom stereocenters. The van der Waals surface area contributed by atoms with Crippen LogP contribution < -0.4 is 0 Å². The maximum atomic E-state index is 9.78. The summed E-state index contributed by atoms with van der Waals surface area (Å²) >= 11 is 0. The highest BCUT2D eigenvalue weighted by molar-refractivity contribution is 5.10. The molecule has 3 N–H and O–H groups in total. The molecule has 4 unspecified atom stereocenters. The summed E-state index contributed by atoms with van der Waals surface area (Å²) in [5.41, 5.74) is 0. The summed E-state index contributed by atoms with van der Waals surface area (Å²) in [6.45, 7) is 3.92. The van der Waals surface area contributed by atoms with Gasteiger partial charge < -0.3 is 15.3 Å². The van der Waals surface area contributed by atoms with E-state index in [1.54, 1.807) is 0 Å². The molecule has 0 heterocycles. The van der Waals surface area contributed by atoms with Crippen LogP contribution in [0.3, 0.4) is 0 Å². The van der Waals surface area contributed by atoms with Gasteiger partial charge in [0.1, 0.15) is 0 Å². The van der Waals surface area contributed by atoms with E-state index in [1.807, 2.05) is 13.8 Å². The van der Waals surface area contributed by atoms with E-state index in [2.05, 4.69) is 0 Å². The fraction of sp³-hybridized carbons (Fsp3) is 1.00. The maximum absolute atomic E-state index is 9.78. The first-order valence-corrected chi connectivity index (χ1v) is 5.08. The van der Waals surface area contributed by atoms with Gasteiger partial charge in [0.05, 0.1) is 18.3 Å². The van der Waals surface area contributed by atoms with Gasteiger partial charge in [-0.2, -0.15) is 0 Å². The van der Waals surface area contributed by atoms with Gasteiger partial charge in [0, 0.05) is 11.8 Å². The first kappa shape index (κ1) is 9.44. The van der Waals surface area contributed by atoms with E-state index in [4.69, 9.17) is 0 Å². The van der Waals surface area contributed by atoms with Gasteiger partial charge in [-0.05, 0) is 18.3 Å². The minimum absolute atomic E-state index is 0.00778. The minimum Gasteiger partial charge on any atom is -0.393 e. The van der Waals surface area contributed by atoms with Gasteiger partial charge >= 0.3 is 0 Å². The highest BCUT2D eigenvalue weighted by atomic mass is 16.3. The number of hydrogen-bond acceptors (Lipinski definition) is 3. The largest absolute Gasteiger partial charge is 0.393 e. The van der Waals surface area contributed by atoms with Crippen LogP contribution in [0.5, 0.6) is 0 Å². The zero-order chi connectivity index (χ0) is 9.75. The predicted octanol–water partition coefficient (Wildman–Crippen LogP) is -0.00900. The van der Waals surface area contributed by atoms with Crippen molar-refractivity contribution in [2.45, 2.75) is 38.6 Å². The van der Waals surface area contributed by atoms with Gasteiger partial charge in [-0.25, -0.2) is 0 Å². The molecular weight excluding hydrogens is 168 g/mol. The summed E-state index contributed by atoms with van der Waals surface area (Å²) in [6, 6.07) is 0. The molecule has 2 rings (SSSR count). The summed E-state index contributed by atoms with van der Waals surface area (Å²) in [5, 5.41) is 28.8. The lowest BCUT2D eigenvalue weighted by molar-refractivity contribution is -0.252. The number of aliphatic hydroxyl groups excluding tert-OH is 3. The van der Waals surface area contributed by atoms with Gasteiger partial charge in [-0.1, -0.05) is 13.8 Å². The summed E-state index contributed by atoms with van der Waals surface area (Å²) in [7, 11) is 0. The van der Waals surface area contributed by atoms with Crippen LogP contribution in [0.15, 0.2) is 0 Å². The third-order valence-corrected chi connectivity index (χ3v) is 3.81. The standard InChI is InChI=1S/C10H18O3/c1-4(2)9(12)8-5-3-6(11)7(5)10(8)13/h4-13H,3H2,1-2H3/t5?,6-,7?,8?,9-,10?/m0/s1. The average molecular weight is 186 g/mol. The smallest absolute Gasteiger partial charge is 0.0651 e. The topological polar surface area (TPSA) is 60.7 Å². The molecule has 13 heavy (non-hydrogen) atoms. The Labute approximate surface area is 78.4 Å². The fourth-order valence-electron chi connectivity index (χ4n) is 2.84. The van der Waals surface area contributed by atoms with E-state index in [0.717, 1.165) is 6.42 Å². The summed E-state index contributed by atoms with van der Waals surface area (Å²) in [4.78, 5) is 0. The Morgan fingerprint density at radius 2 is 1.85 bits per heavy atom. The van der Waals surface area contributed by atoms with Crippen molar-refractivity contribution in [3.63, 3.8) is 0 Å². The van der Waals surface area contributed by atoms with Crippen molar-refractivity contribution in [1.82, 2.24) is 0 Å². The predicted molar refractivity (Wildman–Crippen MR) is 47.9 cm³/mol. The number of rotatable bonds is 2. The lowest BCUT2D eigenvalue weighted by Gasteiger charge is -2.61. The Bertz CT molecular complexity index is 198. The Hall–Kier alpha value is -0.120. The van der Waals surface area contributed by atoms with E-state index < -0.39 is 12.2 Å². The van der Waals surface area contributed by atoms with Crippen LogP contribution in [0.2, 0.25) is 0 Å². The van der Waals surface area contributed by atoms with Gasteiger partial charge in [-0.3, -0.25) is 0 Å². The third kappa shape index (κ3) is 1.14. The minimum atomic E-state index is -0.480. The zero-order valence-corrected chi connectivity index (χ0v) is 8.09. The molecule has 0 aromatic carbocycles. The molecule has 2 aliphatic rings. The molecule has 0 saturated heterocycles. The van der Waals surface area contributed by atoms with Crippen LogP contribution in [0.1, 0.15) is 20.3 Å². The van der Waals surface area contributed by atoms with Crippen LogP contribution in [-0.2, 0) is 0 Å². The second-order valence-corrected chi connectivity index (χ2v) is 4.85. The van der Waals surface area contributed by atoms with Gasteiger partial charge in [0.15, 0.2) is 0 Å². The molecule has 0 aromatic heterocycles. The molecule has 76 valence electrons. The van der Waals surface area contributed by atoms with Gasteiger partial charge in [0.2, 0.25) is 0 Å². The van der Waals surface area contributed by atoms with Gasteiger partial charge in [0.25, 0.3) is 0 Å². The van der Waals surface area contributed by atoms with Crippen molar-refractivity contribution in [3.05, 3.63) is 0 Å². The molecule has 3 heteroatoms. The molecule has 2 aliphatic carbocycles. The van der Waals surface area contributed by atoms with E-state index in [-0.39, 0.29) is 23.9 Å². The lowest BCUT2D eigenvalue weighted by Crippen LogP contribution is -2.68. The second-order valence-electron chi connectivity index (χ2n) is 4.85. The van der Waals surface area contributed by atoms with Crippen molar-refractivity contribution in [2.24, 2.45) is 23.7 Å². The third-order valence-electron chi connectivity index (χ3n) is 3.81. The molecule has 0 spiro atoms. The number of aliphatic hydroxyl groups is 3. The highest BCUT2D eigenvalue weighted by Gasteiger charge is 2.62. The average Bonchev–Trinajstić information content (AvgIpc) is 2.01. The molecule has 3 nitrogen and oxygen atoms in total.